The molecule has 0 aliphatic heterocycles. The minimum absolute atomic E-state index is 0.183. The van der Waals surface area contributed by atoms with Gasteiger partial charge in [-0.25, -0.2) is 4.39 Å². The second-order valence-corrected chi connectivity index (χ2v) is 7.89. The predicted molar refractivity (Wildman–Crippen MR) is 87.5 cm³/mol. The fourth-order valence-corrected chi connectivity index (χ4v) is 3.50. The average Bonchev–Trinajstić information content (AvgIpc) is 2.59. The molecule has 1 aromatic rings. The zero-order chi connectivity index (χ0) is 14.8. The molecule has 1 nitrogen and oxygen atoms in total. The summed E-state index contributed by atoms with van der Waals surface area (Å²) in [6.07, 6.45) is 6.17. The first-order chi connectivity index (χ1) is 9.36. The van der Waals surface area contributed by atoms with Gasteiger partial charge in [0.15, 0.2) is 0 Å². The smallest absolute Gasteiger partial charge is 0.125 e. The van der Waals surface area contributed by atoms with Crippen molar-refractivity contribution in [2.45, 2.75) is 58.9 Å². The van der Waals surface area contributed by atoms with E-state index in [-0.39, 0.29) is 5.82 Å². The van der Waals surface area contributed by atoms with Gasteiger partial charge in [-0.1, -0.05) is 27.2 Å². The summed E-state index contributed by atoms with van der Waals surface area (Å²) in [5.74, 6) is 0.613. The quantitative estimate of drug-likeness (QED) is 0.651. The van der Waals surface area contributed by atoms with Gasteiger partial charge in [0.05, 0.1) is 5.69 Å². The number of hydrogen-bond acceptors (Lipinski definition) is 1. The Morgan fingerprint density at radius 1 is 1.15 bits per heavy atom. The molecule has 1 aromatic carbocycles. The van der Waals surface area contributed by atoms with Gasteiger partial charge in [-0.05, 0) is 71.1 Å². The maximum Gasteiger partial charge on any atom is 0.125 e. The molecule has 0 bridgehead atoms. The first-order valence-electron chi connectivity index (χ1n) is 7.58. The summed E-state index contributed by atoms with van der Waals surface area (Å²) in [5.41, 5.74) is 1.28. The topological polar surface area (TPSA) is 12.0 Å². The van der Waals surface area contributed by atoms with E-state index in [1.165, 1.54) is 38.2 Å². The van der Waals surface area contributed by atoms with E-state index in [1.807, 2.05) is 0 Å². The normalized spacial score (nSPS) is 24.2. The Morgan fingerprint density at radius 3 is 2.60 bits per heavy atom. The van der Waals surface area contributed by atoms with Gasteiger partial charge < -0.3 is 5.32 Å². The van der Waals surface area contributed by atoms with Crippen LogP contribution in [0.25, 0.3) is 0 Å². The van der Waals surface area contributed by atoms with E-state index in [0.29, 0.717) is 11.5 Å². The van der Waals surface area contributed by atoms with E-state index in [1.54, 1.807) is 12.1 Å². The first kappa shape index (κ1) is 15.8. The lowest BCUT2D eigenvalue weighted by molar-refractivity contribution is 0.214. The third-order valence-corrected chi connectivity index (χ3v) is 5.17. The minimum Gasteiger partial charge on any atom is -0.381 e. The SMILES string of the molecule is CC(C)(C)C1CCCC(Nc2cc(F)ccc2Br)CC1. The summed E-state index contributed by atoms with van der Waals surface area (Å²) in [6, 6.07) is 5.29. The Balaban J connectivity index is 1.99. The molecule has 0 amide bonds. The van der Waals surface area contributed by atoms with Crippen molar-refractivity contribution in [1.82, 2.24) is 0 Å². The Kier molecular flexibility index (Phi) is 5.11. The van der Waals surface area contributed by atoms with Gasteiger partial charge in [-0.15, -0.1) is 0 Å². The highest BCUT2D eigenvalue weighted by molar-refractivity contribution is 9.10. The van der Waals surface area contributed by atoms with Gasteiger partial charge in [0, 0.05) is 10.5 Å². The van der Waals surface area contributed by atoms with Crippen LogP contribution in [0.4, 0.5) is 10.1 Å². The van der Waals surface area contributed by atoms with Gasteiger partial charge in [-0.3, -0.25) is 0 Å². The van der Waals surface area contributed by atoms with Crippen LogP contribution >= 0.6 is 15.9 Å². The van der Waals surface area contributed by atoms with Crippen molar-refractivity contribution in [2.24, 2.45) is 11.3 Å². The van der Waals surface area contributed by atoms with Crippen LogP contribution in [-0.2, 0) is 0 Å². The molecule has 2 atom stereocenters. The van der Waals surface area contributed by atoms with Crippen molar-refractivity contribution >= 4 is 21.6 Å². The zero-order valence-corrected chi connectivity index (χ0v) is 14.3. The Labute approximate surface area is 130 Å². The van der Waals surface area contributed by atoms with Crippen molar-refractivity contribution in [3.8, 4) is 0 Å². The molecular formula is C17H25BrFN. The van der Waals surface area contributed by atoms with Crippen LogP contribution in [0, 0.1) is 17.2 Å². The van der Waals surface area contributed by atoms with Gasteiger partial charge >= 0.3 is 0 Å². The fraction of sp³-hybridized carbons (Fsp3) is 0.647. The highest BCUT2D eigenvalue weighted by Crippen LogP contribution is 2.37. The molecule has 1 aliphatic rings. The number of nitrogens with one attached hydrogen (secondary N) is 1. The van der Waals surface area contributed by atoms with Gasteiger partial charge in [-0.2, -0.15) is 0 Å². The third kappa shape index (κ3) is 4.21. The first-order valence-corrected chi connectivity index (χ1v) is 8.37. The Hall–Kier alpha value is -0.570. The largest absolute Gasteiger partial charge is 0.381 e. The molecule has 0 spiro atoms. The molecule has 0 heterocycles. The van der Waals surface area contributed by atoms with Crippen LogP contribution in [0.2, 0.25) is 0 Å². The molecule has 1 fully saturated rings. The van der Waals surface area contributed by atoms with Crippen molar-refractivity contribution in [3.63, 3.8) is 0 Å². The molecule has 112 valence electrons. The van der Waals surface area contributed by atoms with Crippen LogP contribution in [0.1, 0.15) is 52.9 Å². The lowest BCUT2D eigenvalue weighted by Crippen LogP contribution is -2.21. The average molecular weight is 342 g/mol. The standard InChI is InChI=1S/C17H25BrFN/c1-17(2,3)12-5-4-6-14(9-7-12)20-16-11-13(19)8-10-15(16)18/h8,10-12,14,20H,4-7,9H2,1-3H3. The second kappa shape index (κ2) is 6.46. The molecule has 0 saturated heterocycles. The fourth-order valence-electron chi connectivity index (χ4n) is 3.14. The summed E-state index contributed by atoms with van der Waals surface area (Å²) < 4.78 is 14.3. The molecule has 2 rings (SSSR count). The van der Waals surface area contributed by atoms with Crippen LogP contribution in [0.3, 0.4) is 0 Å². The summed E-state index contributed by atoms with van der Waals surface area (Å²) in [4.78, 5) is 0. The molecular weight excluding hydrogens is 317 g/mol. The monoisotopic (exact) mass is 341 g/mol. The molecule has 0 aromatic heterocycles. The number of anilines is 1. The van der Waals surface area contributed by atoms with E-state index in [0.717, 1.165) is 16.1 Å². The van der Waals surface area contributed by atoms with Crippen LogP contribution in [0.5, 0.6) is 0 Å². The molecule has 1 N–H and O–H groups in total. The molecule has 0 radical (unpaired) electrons. The van der Waals surface area contributed by atoms with Crippen molar-refractivity contribution in [1.29, 1.82) is 0 Å². The zero-order valence-electron chi connectivity index (χ0n) is 12.7. The van der Waals surface area contributed by atoms with Gasteiger partial charge in [0.25, 0.3) is 0 Å². The van der Waals surface area contributed by atoms with Crippen LogP contribution < -0.4 is 5.32 Å². The number of benzene rings is 1. The highest BCUT2D eigenvalue weighted by Gasteiger charge is 2.27. The molecule has 2 unspecified atom stereocenters. The lowest BCUT2D eigenvalue weighted by Gasteiger charge is -2.29. The second-order valence-electron chi connectivity index (χ2n) is 7.04. The van der Waals surface area contributed by atoms with Crippen LogP contribution in [-0.4, -0.2) is 6.04 Å². The third-order valence-electron chi connectivity index (χ3n) is 4.48. The highest BCUT2D eigenvalue weighted by atomic mass is 79.9. The summed E-state index contributed by atoms with van der Waals surface area (Å²) >= 11 is 3.49. The molecule has 3 heteroatoms. The van der Waals surface area contributed by atoms with E-state index in [4.69, 9.17) is 0 Å². The lowest BCUT2D eigenvalue weighted by atomic mass is 9.76. The Morgan fingerprint density at radius 2 is 1.90 bits per heavy atom. The van der Waals surface area contributed by atoms with E-state index in [2.05, 4.69) is 42.0 Å². The maximum atomic E-state index is 13.3. The van der Waals surface area contributed by atoms with E-state index < -0.39 is 0 Å². The summed E-state index contributed by atoms with van der Waals surface area (Å²) in [7, 11) is 0. The van der Waals surface area contributed by atoms with Gasteiger partial charge in [0.1, 0.15) is 5.82 Å². The van der Waals surface area contributed by atoms with Crippen molar-refractivity contribution in [2.75, 3.05) is 5.32 Å². The minimum atomic E-state index is -0.183. The molecule has 1 aliphatic carbocycles. The van der Waals surface area contributed by atoms with Crippen molar-refractivity contribution in [3.05, 3.63) is 28.5 Å². The van der Waals surface area contributed by atoms with E-state index >= 15 is 0 Å². The van der Waals surface area contributed by atoms with Crippen LogP contribution in [0.15, 0.2) is 22.7 Å². The number of hydrogen-bond donors (Lipinski definition) is 1. The maximum absolute atomic E-state index is 13.3. The van der Waals surface area contributed by atoms with Crippen molar-refractivity contribution < 1.29 is 4.39 Å². The molecule has 20 heavy (non-hydrogen) atoms. The number of rotatable bonds is 2. The summed E-state index contributed by atoms with van der Waals surface area (Å²) in [5, 5.41) is 3.52. The van der Waals surface area contributed by atoms with E-state index in [9.17, 15) is 4.39 Å². The molecule has 1 saturated carbocycles. The predicted octanol–water partition coefficient (Wildman–Crippen LogP) is 6.00. The van der Waals surface area contributed by atoms with Gasteiger partial charge in [0.2, 0.25) is 0 Å². The number of halogens is 2. The Bertz CT molecular complexity index is 453. The summed E-state index contributed by atoms with van der Waals surface area (Å²) in [6.45, 7) is 7.03.